The van der Waals surface area contributed by atoms with Gasteiger partial charge in [-0.05, 0) is 80.1 Å². The molecule has 2 aliphatic heterocycles. The van der Waals surface area contributed by atoms with E-state index in [9.17, 15) is 23.5 Å². The van der Waals surface area contributed by atoms with E-state index in [1.807, 2.05) is 30.3 Å². The molecular weight excluding hydrogens is 573 g/mol. The number of ether oxygens (including phenoxy) is 1. The van der Waals surface area contributed by atoms with Crippen LogP contribution in [-0.2, 0) is 4.79 Å². The highest BCUT2D eigenvalue weighted by molar-refractivity contribution is 6.34. The van der Waals surface area contributed by atoms with Crippen LogP contribution < -0.4 is 4.74 Å². The van der Waals surface area contributed by atoms with Crippen molar-refractivity contribution in [3.05, 3.63) is 99.0 Å². The Bertz CT molecular complexity index is 1400. The minimum absolute atomic E-state index is 0.0396. The third-order valence-corrected chi connectivity index (χ3v) is 8.29. The lowest BCUT2D eigenvalue weighted by Crippen LogP contribution is -2.40. The molecule has 6 nitrogen and oxygen atoms in total. The Hall–Kier alpha value is -3.20. The summed E-state index contributed by atoms with van der Waals surface area (Å²) >= 11 is 12.6. The molecule has 0 radical (unpaired) electrons. The fourth-order valence-electron chi connectivity index (χ4n) is 5.79. The molecule has 1 amide bonds. The number of rotatable bonds is 8. The van der Waals surface area contributed by atoms with Gasteiger partial charge in [0.15, 0.2) is 11.6 Å². The summed E-state index contributed by atoms with van der Waals surface area (Å²) in [4.78, 5) is 27.6. The van der Waals surface area contributed by atoms with Crippen molar-refractivity contribution in [2.45, 2.75) is 37.8 Å². The molecule has 2 saturated heterocycles. The molecule has 0 bridgehead atoms. The zero-order chi connectivity index (χ0) is 29.1. The fraction of sp³-hybridized carbons (Fsp3) is 0.355. The average Bonchev–Trinajstić information content (AvgIpc) is 3.45. The van der Waals surface area contributed by atoms with Gasteiger partial charge in [-0.3, -0.25) is 9.69 Å². The molecule has 2 fully saturated rings. The van der Waals surface area contributed by atoms with E-state index in [0.717, 1.165) is 54.1 Å². The van der Waals surface area contributed by atoms with Crippen LogP contribution in [0.2, 0.25) is 10.0 Å². The first kappa shape index (κ1) is 29.3. The summed E-state index contributed by atoms with van der Waals surface area (Å²) in [5.74, 6) is -3.94. The smallest absolute Gasteiger partial charge is 0.326 e. The Kier molecular flexibility index (Phi) is 9.12. The number of likely N-dealkylation sites (tertiary alicyclic amines) is 2. The van der Waals surface area contributed by atoms with Crippen molar-refractivity contribution in [1.29, 1.82) is 0 Å². The van der Waals surface area contributed by atoms with Gasteiger partial charge < -0.3 is 14.7 Å². The summed E-state index contributed by atoms with van der Waals surface area (Å²) in [7, 11) is 0. The first-order valence-corrected chi connectivity index (χ1v) is 14.4. The van der Waals surface area contributed by atoms with Gasteiger partial charge in [0.2, 0.25) is 0 Å². The van der Waals surface area contributed by atoms with E-state index in [1.54, 1.807) is 6.07 Å². The summed E-state index contributed by atoms with van der Waals surface area (Å²) < 4.78 is 35.5. The van der Waals surface area contributed by atoms with E-state index in [-0.39, 0.29) is 37.3 Å². The lowest BCUT2D eigenvalue weighted by molar-refractivity contribution is -0.141. The van der Waals surface area contributed by atoms with Crippen molar-refractivity contribution >= 4 is 35.1 Å². The number of hydrogen-bond acceptors (Lipinski definition) is 4. The number of carboxylic acids is 1. The van der Waals surface area contributed by atoms with Gasteiger partial charge in [-0.2, -0.15) is 0 Å². The minimum Gasteiger partial charge on any atom is -0.490 e. The highest BCUT2D eigenvalue weighted by Gasteiger charge is 2.36. The Morgan fingerprint density at radius 1 is 0.902 bits per heavy atom. The Morgan fingerprint density at radius 2 is 1.59 bits per heavy atom. The summed E-state index contributed by atoms with van der Waals surface area (Å²) in [6.45, 7) is 1.89. The van der Waals surface area contributed by atoms with Gasteiger partial charge in [0.1, 0.15) is 11.9 Å². The van der Waals surface area contributed by atoms with Gasteiger partial charge in [0.05, 0.1) is 18.2 Å². The molecule has 10 heteroatoms. The van der Waals surface area contributed by atoms with Crippen LogP contribution in [0, 0.1) is 17.6 Å². The summed E-state index contributed by atoms with van der Waals surface area (Å²) in [6, 6.07) is 16.3. The third-order valence-electron chi connectivity index (χ3n) is 7.86. The molecule has 216 valence electrons. The second kappa shape index (κ2) is 12.8. The van der Waals surface area contributed by atoms with E-state index < -0.39 is 35.1 Å². The maximum Gasteiger partial charge on any atom is 0.326 e. The average molecular weight is 603 g/mol. The molecule has 3 aromatic rings. The number of halogens is 4. The van der Waals surface area contributed by atoms with Crippen LogP contribution in [0.1, 0.15) is 53.2 Å². The number of hydrogen-bond donors (Lipinski definition) is 1. The minimum atomic E-state index is -1.16. The number of nitrogens with zero attached hydrogens (tertiary/aromatic N) is 2. The molecule has 1 unspecified atom stereocenters. The maximum absolute atomic E-state index is 14.9. The van der Waals surface area contributed by atoms with E-state index in [1.165, 1.54) is 0 Å². The highest BCUT2D eigenvalue weighted by Crippen LogP contribution is 2.35. The van der Waals surface area contributed by atoms with Gasteiger partial charge in [-0.1, -0.05) is 53.5 Å². The van der Waals surface area contributed by atoms with Crippen molar-refractivity contribution in [2.24, 2.45) is 5.92 Å². The van der Waals surface area contributed by atoms with Crippen LogP contribution in [-0.4, -0.2) is 59.1 Å². The first-order chi connectivity index (χ1) is 19.7. The molecule has 3 aromatic carbocycles. The zero-order valence-electron chi connectivity index (χ0n) is 22.2. The summed E-state index contributed by atoms with van der Waals surface area (Å²) in [5.41, 5.74) is 1.62. The van der Waals surface area contributed by atoms with Crippen LogP contribution >= 0.6 is 23.2 Å². The number of aliphatic carboxylic acids is 1. The highest BCUT2D eigenvalue weighted by atomic mass is 35.5. The molecule has 2 atom stereocenters. The van der Waals surface area contributed by atoms with Crippen molar-refractivity contribution in [3.63, 3.8) is 0 Å². The van der Waals surface area contributed by atoms with Gasteiger partial charge in [-0.25, -0.2) is 13.6 Å². The van der Waals surface area contributed by atoms with Crippen molar-refractivity contribution in [1.82, 2.24) is 9.80 Å². The predicted octanol–water partition coefficient (Wildman–Crippen LogP) is 6.84. The Balaban J connectivity index is 1.23. The Morgan fingerprint density at radius 3 is 2.24 bits per heavy atom. The maximum atomic E-state index is 14.9. The standard InChI is InChI=1S/C31H30Cl2F2N2O4/c32-22-13-21(14-23(33)15-22)29(20-5-2-1-3-6-20)36-11-8-19(9-12-36)18-41-28-17-25(34)24(16-26(28)35)30(38)37-10-4-7-27(37)31(39)40/h1-3,5-6,13-17,19,27,29H,4,7-12,18H2,(H,39,40)/t27-,29?/m0/s1. The zero-order valence-corrected chi connectivity index (χ0v) is 23.8. The molecule has 41 heavy (non-hydrogen) atoms. The number of carbonyl (C=O) groups excluding carboxylic acids is 1. The van der Waals surface area contributed by atoms with E-state index in [0.29, 0.717) is 16.5 Å². The van der Waals surface area contributed by atoms with Gasteiger partial charge in [-0.15, -0.1) is 0 Å². The number of piperidine rings is 1. The lowest BCUT2D eigenvalue weighted by Gasteiger charge is -2.38. The van der Waals surface area contributed by atoms with Crippen LogP contribution in [0.4, 0.5) is 8.78 Å². The van der Waals surface area contributed by atoms with Crippen molar-refractivity contribution in [3.8, 4) is 5.75 Å². The predicted molar refractivity (Wildman–Crippen MR) is 153 cm³/mol. The number of carboxylic acid groups (broad SMARTS) is 1. The second-order valence-electron chi connectivity index (χ2n) is 10.6. The monoisotopic (exact) mass is 602 g/mol. The van der Waals surface area contributed by atoms with Gasteiger partial charge >= 0.3 is 5.97 Å². The van der Waals surface area contributed by atoms with Crippen LogP contribution in [0.15, 0.2) is 60.7 Å². The summed E-state index contributed by atoms with van der Waals surface area (Å²) in [5, 5.41) is 10.5. The van der Waals surface area contributed by atoms with Crippen LogP contribution in [0.25, 0.3) is 0 Å². The van der Waals surface area contributed by atoms with E-state index in [2.05, 4.69) is 17.0 Å². The van der Waals surface area contributed by atoms with E-state index in [4.69, 9.17) is 27.9 Å². The molecule has 0 saturated carbocycles. The SMILES string of the molecule is O=C(O)[C@@H]1CCCN1C(=O)c1cc(F)c(OCC2CCN(C(c3ccccc3)c3cc(Cl)cc(Cl)c3)CC2)cc1F. The molecule has 0 spiro atoms. The molecule has 1 N–H and O–H groups in total. The normalized spacial score (nSPS) is 18.8. The molecule has 2 heterocycles. The molecule has 0 aromatic heterocycles. The van der Waals surface area contributed by atoms with Crippen LogP contribution in [0.3, 0.4) is 0 Å². The number of carbonyl (C=O) groups is 2. The van der Waals surface area contributed by atoms with Crippen LogP contribution in [0.5, 0.6) is 5.75 Å². The third kappa shape index (κ3) is 6.66. The number of benzene rings is 3. The second-order valence-corrected chi connectivity index (χ2v) is 11.4. The molecule has 5 rings (SSSR count). The fourth-order valence-corrected chi connectivity index (χ4v) is 6.34. The van der Waals surface area contributed by atoms with Gasteiger partial charge in [0.25, 0.3) is 5.91 Å². The molecule has 2 aliphatic rings. The molecular formula is C31H30Cl2F2N2O4. The van der Waals surface area contributed by atoms with Gasteiger partial charge in [0, 0.05) is 22.7 Å². The number of amides is 1. The van der Waals surface area contributed by atoms with E-state index >= 15 is 0 Å². The first-order valence-electron chi connectivity index (χ1n) is 13.6. The molecule has 0 aliphatic carbocycles. The Labute approximate surface area is 247 Å². The van der Waals surface area contributed by atoms with Crippen molar-refractivity contribution < 1.29 is 28.2 Å². The topological polar surface area (TPSA) is 70.1 Å². The quantitative estimate of drug-likeness (QED) is 0.305. The lowest BCUT2D eigenvalue weighted by atomic mass is 9.91. The van der Waals surface area contributed by atoms with Crippen molar-refractivity contribution in [2.75, 3.05) is 26.2 Å². The summed E-state index contributed by atoms with van der Waals surface area (Å²) in [6.07, 6.45) is 2.34. The largest absolute Gasteiger partial charge is 0.490 e.